The van der Waals surface area contributed by atoms with Gasteiger partial charge in [-0.3, -0.25) is 4.98 Å². The molecule has 9 nitrogen and oxygen atoms in total. The lowest BCUT2D eigenvalue weighted by atomic mass is 10.1. The molecule has 4 atom stereocenters. The number of halogens is 4. The molecule has 0 bridgehead atoms. The van der Waals surface area contributed by atoms with Gasteiger partial charge in [0.1, 0.15) is 29.4 Å². The summed E-state index contributed by atoms with van der Waals surface area (Å²) in [5, 5.41) is 35.6. The van der Waals surface area contributed by atoms with E-state index in [4.69, 9.17) is 16.0 Å². The summed E-state index contributed by atoms with van der Waals surface area (Å²) in [7, 11) is 0. The molecule has 4 rings (SSSR count). The van der Waals surface area contributed by atoms with E-state index >= 15 is 0 Å². The van der Waals surface area contributed by atoms with E-state index < -0.39 is 36.9 Å². The topological polar surface area (TPSA) is 137 Å². The number of aliphatic hydroxyl groups is 3. The first-order valence-electron chi connectivity index (χ1n) is 10.5. The van der Waals surface area contributed by atoms with Crippen LogP contribution in [0.5, 0.6) is 0 Å². The lowest BCUT2D eigenvalue weighted by molar-refractivity contribution is -0.115. The molecule has 3 aromatic heterocycles. The minimum absolute atomic E-state index is 0.000838. The highest BCUT2D eigenvalue weighted by atomic mass is 35.5. The number of aromatic nitrogens is 3. The van der Waals surface area contributed by atoms with Crippen LogP contribution >= 0.6 is 11.6 Å². The molecule has 13 heteroatoms. The Balaban J connectivity index is 1.78. The van der Waals surface area contributed by atoms with Gasteiger partial charge >= 0.3 is 6.18 Å². The Morgan fingerprint density at radius 1 is 1.15 bits per heavy atom. The Hall–Kier alpha value is -2.67. The predicted octanol–water partition coefficient (Wildman–Crippen LogP) is 3.04. The number of anilines is 2. The highest BCUT2D eigenvalue weighted by molar-refractivity contribution is 6.32. The zero-order valence-corrected chi connectivity index (χ0v) is 18.9. The first-order valence-corrected chi connectivity index (χ1v) is 10.8. The van der Waals surface area contributed by atoms with Crippen molar-refractivity contribution in [2.45, 2.75) is 44.7 Å². The fraction of sp³-hybridized carbons (Fsp3) is 0.476. The number of aliphatic hydroxyl groups excluding tert-OH is 3. The zero-order valence-electron chi connectivity index (χ0n) is 18.2. The van der Waals surface area contributed by atoms with Crippen LogP contribution < -0.4 is 10.6 Å². The number of hydrogen-bond acceptors (Lipinski definition) is 9. The maximum Gasteiger partial charge on any atom is 0.405 e. The first-order chi connectivity index (χ1) is 16.0. The molecule has 0 aliphatic heterocycles. The third-order valence-corrected chi connectivity index (χ3v) is 5.99. The summed E-state index contributed by atoms with van der Waals surface area (Å²) in [5.74, 6) is -0.725. The van der Waals surface area contributed by atoms with Crippen molar-refractivity contribution in [1.82, 2.24) is 15.0 Å². The number of furan rings is 1. The summed E-state index contributed by atoms with van der Waals surface area (Å²) in [6.07, 6.45) is -6.76. The molecule has 0 spiro atoms. The molecule has 184 valence electrons. The van der Waals surface area contributed by atoms with Crippen LogP contribution in [0.3, 0.4) is 0 Å². The number of aryl methyl sites for hydroxylation is 2. The molecule has 1 saturated carbocycles. The second kappa shape index (κ2) is 9.17. The van der Waals surface area contributed by atoms with Crippen molar-refractivity contribution in [3.05, 3.63) is 28.7 Å². The maximum atomic E-state index is 12.7. The Morgan fingerprint density at radius 3 is 2.53 bits per heavy atom. The monoisotopic (exact) mass is 501 g/mol. The molecule has 3 heterocycles. The SMILES string of the molecule is Cc1cc2cc(-c3c(Cl)nc(NCC(F)(F)F)nc3N[C@@H]3C[C@H](CO)[C@@H](O)[C@H]3O)oc2c(C)n1. The number of alkyl halides is 3. The van der Waals surface area contributed by atoms with Gasteiger partial charge in [0.15, 0.2) is 5.58 Å². The molecule has 0 aromatic carbocycles. The molecular formula is C21H23ClF3N5O4. The number of nitrogens with zero attached hydrogens (tertiary/aromatic N) is 3. The molecular weight excluding hydrogens is 479 g/mol. The van der Waals surface area contributed by atoms with E-state index in [-0.39, 0.29) is 41.3 Å². The molecule has 0 radical (unpaired) electrons. The van der Waals surface area contributed by atoms with Crippen molar-refractivity contribution in [2.75, 3.05) is 23.8 Å². The summed E-state index contributed by atoms with van der Waals surface area (Å²) in [6, 6.07) is 2.73. The average molecular weight is 502 g/mol. The van der Waals surface area contributed by atoms with Crippen LogP contribution in [-0.2, 0) is 0 Å². The normalized spacial score (nSPS) is 23.0. The van der Waals surface area contributed by atoms with Crippen LogP contribution in [0.15, 0.2) is 16.5 Å². The quantitative estimate of drug-likeness (QED) is 0.323. The molecule has 3 aromatic rings. The minimum Gasteiger partial charge on any atom is -0.454 e. The van der Waals surface area contributed by atoms with Crippen LogP contribution in [-0.4, -0.2) is 67.8 Å². The van der Waals surface area contributed by atoms with Gasteiger partial charge in [-0.15, -0.1) is 0 Å². The van der Waals surface area contributed by atoms with E-state index in [9.17, 15) is 28.5 Å². The number of nitrogens with one attached hydrogen (secondary N) is 2. The van der Waals surface area contributed by atoms with Gasteiger partial charge in [-0.05, 0) is 32.4 Å². The van der Waals surface area contributed by atoms with Crippen LogP contribution in [0, 0.1) is 19.8 Å². The number of pyridine rings is 1. The van der Waals surface area contributed by atoms with Crippen molar-refractivity contribution in [2.24, 2.45) is 5.92 Å². The fourth-order valence-corrected chi connectivity index (χ4v) is 4.39. The smallest absolute Gasteiger partial charge is 0.405 e. The number of hydrogen-bond donors (Lipinski definition) is 5. The van der Waals surface area contributed by atoms with Crippen LogP contribution in [0.1, 0.15) is 17.8 Å². The largest absolute Gasteiger partial charge is 0.454 e. The van der Waals surface area contributed by atoms with E-state index in [1.807, 2.05) is 6.92 Å². The standard InChI is InChI=1S/C21H23ClF3N5O4/c1-8-3-10-5-13(34-17(10)9(2)27-8)14-18(22)29-20(26-7-21(23,24)25)30-19(14)28-12-4-11(6-31)15(32)16(12)33/h3,5,11-12,15-16,31-33H,4,6-7H2,1-2H3,(H2,26,28,29,30)/t11-,12-,15-,16+/m1/s1. The number of rotatable bonds is 6. The molecule has 0 unspecified atom stereocenters. The van der Waals surface area contributed by atoms with Crippen LogP contribution in [0.2, 0.25) is 5.15 Å². The van der Waals surface area contributed by atoms with Crippen molar-refractivity contribution >= 4 is 34.3 Å². The van der Waals surface area contributed by atoms with Gasteiger partial charge in [0.05, 0.1) is 23.4 Å². The van der Waals surface area contributed by atoms with E-state index in [1.54, 1.807) is 19.1 Å². The van der Waals surface area contributed by atoms with Gasteiger partial charge in [0.25, 0.3) is 0 Å². The van der Waals surface area contributed by atoms with Crippen LogP contribution in [0.25, 0.3) is 22.3 Å². The van der Waals surface area contributed by atoms with Gasteiger partial charge in [-0.25, -0.2) is 4.98 Å². The van der Waals surface area contributed by atoms with E-state index in [0.717, 1.165) is 11.1 Å². The minimum atomic E-state index is -4.51. The Kier molecular flexibility index (Phi) is 6.60. The van der Waals surface area contributed by atoms with Crippen molar-refractivity contribution in [3.63, 3.8) is 0 Å². The highest BCUT2D eigenvalue weighted by Crippen LogP contribution is 2.39. The van der Waals surface area contributed by atoms with Gasteiger partial charge in [0, 0.05) is 23.6 Å². The zero-order chi connectivity index (χ0) is 24.8. The molecule has 1 fully saturated rings. The second-order valence-electron chi connectivity index (χ2n) is 8.32. The third-order valence-electron chi connectivity index (χ3n) is 5.71. The average Bonchev–Trinajstić information content (AvgIpc) is 3.28. The second-order valence-corrected chi connectivity index (χ2v) is 8.68. The molecule has 0 amide bonds. The van der Waals surface area contributed by atoms with Gasteiger partial charge in [0.2, 0.25) is 5.95 Å². The van der Waals surface area contributed by atoms with Gasteiger partial charge < -0.3 is 30.4 Å². The van der Waals surface area contributed by atoms with Crippen molar-refractivity contribution in [1.29, 1.82) is 0 Å². The lowest BCUT2D eigenvalue weighted by Gasteiger charge is -2.21. The third kappa shape index (κ3) is 4.90. The van der Waals surface area contributed by atoms with Crippen molar-refractivity contribution < 1.29 is 32.9 Å². The first kappa shape index (κ1) is 24.5. The molecule has 1 aliphatic carbocycles. The molecule has 34 heavy (non-hydrogen) atoms. The Labute approximate surface area is 197 Å². The summed E-state index contributed by atoms with van der Waals surface area (Å²) >= 11 is 6.38. The Bertz CT molecular complexity index is 1210. The molecule has 5 N–H and O–H groups in total. The van der Waals surface area contributed by atoms with E-state index in [1.165, 1.54) is 0 Å². The van der Waals surface area contributed by atoms with Crippen LogP contribution in [0.4, 0.5) is 24.9 Å². The summed E-state index contributed by atoms with van der Waals surface area (Å²) in [6.45, 7) is 1.87. The molecule has 0 saturated heterocycles. The predicted molar refractivity (Wildman–Crippen MR) is 119 cm³/mol. The Morgan fingerprint density at radius 2 is 1.88 bits per heavy atom. The summed E-state index contributed by atoms with van der Waals surface area (Å²) in [4.78, 5) is 12.4. The summed E-state index contributed by atoms with van der Waals surface area (Å²) < 4.78 is 44.1. The van der Waals surface area contributed by atoms with Crippen molar-refractivity contribution in [3.8, 4) is 11.3 Å². The highest BCUT2D eigenvalue weighted by Gasteiger charge is 2.41. The fourth-order valence-electron chi connectivity index (χ4n) is 4.13. The molecule has 1 aliphatic rings. The lowest BCUT2D eigenvalue weighted by Crippen LogP contribution is -2.35. The van der Waals surface area contributed by atoms with Gasteiger partial charge in [-0.2, -0.15) is 18.2 Å². The van der Waals surface area contributed by atoms with Gasteiger partial charge in [-0.1, -0.05) is 11.6 Å². The maximum absolute atomic E-state index is 12.7. The summed E-state index contributed by atoms with van der Waals surface area (Å²) in [5.41, 5.74) is 2.07. The van der Waals surface area contributed by atoms with E-state index in [2.05, 4.69) is 25.6 Å². The van der Waals surface area contributed by atoms with E-state index in [0.29, 0.717) is 11.3 Å². The number of fused-ring (bicyclic) bond motifs is 1.